The molecule has 0 bridgehead atoms. The van der Waals surface area contributed by atoms with Crippen LogP contribution in [-0.4, -0.2) is 81.6 Å². The van der Waals surface area contributed by atoms with Gasteiger partial charge in [-0.05, 0) is 44.4 Å². The normalized spacial score (nSPS) is 21.2. The molecule has 0 radical (unpaired) electrons. The fourth-order valence-corrected chi connectivity index (χ4v) is 5.96. The molecule has 0 aromatic heterocycles. The van der Waals surface area contributed by atoms with Gasteiger partial charge in [-0.2, -0.15) is 0 Å². The number of piperidine rings is 1. The van der Waals surface area contributed by atoms with E-state index in [-0.39, 0.29) is 23.4 Å². The number of piperazine rings is 1. The van der Waals surface area contributed by atoms with Crippen LogP contribution >= 0.6 is 0 Å². The molecule has 9 heteroatoms. The van der Waals surface area contributed by atoms with E-state index >= 15 is 0 Å². The largest absolute Gasteiger partial charge is 0.367 e. The van der Waals surface area contributed by atoms with Crippen molar-refractivity contribution in [3.05, 3.63) is 30.1 Å². The summed E-state index contributed by atoms with van der Waals surface area (Å²) in [5.74, 6) is -0.334. The van der Waals surface area contributed by atoms with Crippen LogP contribution in [0.15, 0.2) is 24.3 Å². The van der Waals surface area contributed by atoms with Crippen molar-refractivity contribution >= 4 is 21.6 Å². The summed E-state index contributed by atoms with van der Waals surface area (Å²) >= 11 is 0. The number of para-hydroxylation sites is 1. The van der Waals surface area contributed by atoms with E-state index in [0.717, 1.165) is 52.0 Å². The van der Waals surface area contributed by atoms with Crippen LogP contribution in [-0.2, 0) is 14.8 Å². The second-order valence-electron chi connectivity index (χ2n) is 8.44. The van der Waals surface area contributed by atoms with E-state index in [2.05, 4.69) is 15.1 Å². The Labute approximate surface area is 185 Å². The second kappa shape index (κ2) is 11.2. The minimum Gasteiger partial charge on any atom is -0.367 e. The third-order valence-corrected chi connectivity index (χ3v) is 8.17. The highest BCUT2D eigenvalue weighted by molar-refractivity contribution is 7.89. The van der Waals surface area contributed by atoms with Crippen molar-refractivity contribution in [3.63, 3.8) is 0 Å². The molecule has 2 aliphatic rings. The van der Waals surface area contributed by atoms with Crippen LogP contribution in [0.25, 0.3) is 0 Å². The van der Waals surface area contributed by atoms with Crippen LogP contribution in [0.3, 0.4) is 0 Å². The van der Waals surface area contributed by atoms with E-state index in [0.29, 0.717) is 31.7 Å². The van der Waals surface area contributed by atoms with E-state index in [1.807, 2.05) is 19.1 Å². The minimum absolute atomic E-state index is 0.0410. The lowest BCUT2D eigenvalue weighted by Crippen LogP contribution is -2.48. The third-order valence-electron chi connectivity index (χ3n) is 6.13. The lowest BCUT2D eigenvalue weighted by Gasteiger charge is -2.36. The quantitative estimate of drug-likeness (QED) is 0.577. The molecular weight excluding hydrogens is 419 g/mol. The van der Waals surface area contributed by atoms with E-state index in [1.165, 1.54) is 10.4 Å². The number of nitrogens with zero attached hydrogens (tertiary/aromatic N) is 3. The summed E-state index contributed by atoms with van der Waals surface area (Å²) in [7, 11) is -3.25. The SMILES string of the molecule is CCCS(=O)(=O)N1CCC[C@H](C(=O)NCCCN2CCN(c3ccccc3F)CC2)C1. The van der Waals surface area contributed by atoms with Gasteiger partial charge in [-0.1, -0.05) is 19.1 Å². The fraction of sp³-hybridized carbons (Fsp3) is 0.682. The number of benzene rings is 1. The number of amides is 1. The molecule has 3 rings (SSSR count). The number of hydrogen-bond donors (Lipinski definition) is 1. The van der Waals surface area contributed by atoms with Gasteiger partial charge < -0.3 is 10.2 Å². The van der Waals surface area contributed by atoms with E-state index in [9.17, 15) is 17.6 Å². The Bertz CT molecular complexity index is 828. The molecular formula is C22H35FN4O3S. The first kappa shape index (κ1) is 23.9. The number of carbonyl (C=O) groups is 1. The molecule has 1 aromatic rings. The van der Waals surface area contributed by atoms with Gasteiger partial charge >= 0.3 is 0 Å². The molecule has 1 amide bonds. The Morgan fingerprint density at radius 1 is 1.16 bits per heavy atom. The summed E-state index contributed by atoms with van der Waals surface area (Å²) in [6, 6.07) is 6.88. The smallest absolute Gasteiger partial charge is 0.224 e. The average Bonchev–Trinajstić information content (AvgIpc) is 2.77. The van der Waals surface area contributed by atoms with Gasteiger partial charge in [0.1, 0.15) is 5.82 Å². The predicted octanol–water partition coefficient (Wildman–Crippen LogP) is 1.91. The summed E-state index contributed by atoms with van der Waals surface area (Å²) in [5, 5.41) is 2.99. The van der Waals surface area contributed by atoms with Gasteiger partial charge in [0.2, 0.25) is 15.9 Å². The molecule has 1 atom stereocenters. The Morgan fingerprint density at radius 2 is 1.90 bits per heavy atom. The number of nitrogens with one attached hydrogen (secondary N) is 1. The van der Waals surface area contributed by atoms with Crippen LogP contribution in [0.1, 0.15) is 32.6 Å². The molecule has 1 aromatic carbocycles. The maximum absolute atomic E-state index is 13.9. The van der Waals surface area contributed by atoms with Gasteiger partial charge in [-0.15, -0.1) is 0 Å². The molecule has 174 valence electrons. The van der Waals surface area contributed by atoms with Gasteiger partial charge in [0.05, 0.1) is 17.4 Å². The lowest BCUT2D eigenvalue weighted by atomic mass is 9.99. The number of halogens is 1. The third kappa shape index (κ3) is 6.63. The molecule has 31 heavy (non-hydrogen) atoms. The van der Waals surface area contributed by atoms with Gasteiger partial charge in [-0.3, -0.25) is 9.69 Å². The fourth-order valence-electron chi connectivity index (χ4n) is 4.38. The van der Waals surface area contributed by atoms with Crippen LogP contribution in [0.5, 0.6) is 0 Å². The van der Waals surface area contributed by atoms with Crippen molar-refractivity contribution < 1.29 is 17.6 Å². The van der Waals surface area contributed by atoms with Crippen molar-refractivity contribution in [2.24, 2.45) is 5.92 Å². The van der Waals surface area contributed by atoms with Crippen LogP contribution in [0.2, 0.25) is 0 Å². The number of sulfonamides is 1. The van der Waals surface area contributed by atoms with Gasteiger partial charge in [0.15, 0.2) is 0 Å². The average molecular weight is 455 g/mol. The van der Waals surface area contributed by atoms with E-state index < -0.39 is 10.0 Å². The van der Waals surface area contributed by atoms with Crippen molar-refractivity contribution in [1.29, 1.82) is 0 Å². The molecule has 0 saturated carbocycles. The molecule has 2 aliphatic heterocycles. The zero-order valence-electron chi connectivity index (χ0n) is 18.4. The molecule has 0 spiro atoms. The molecule has 0 aliphatic carbocycles. The Balaban J connectivity index is 1.35. The minimum atomic E-state index is -3.25. The highest BCUT2D eigenvalue weighted by atomic mass is 32.2. The number of carbonyl (C=O) groups excluding carboxylic acids is 1. The predicted molar refractivity (Wildman–Crippen MR) is 121 cm³/mol. The van der Waals surface area contributed by atoms with Gasteiger partial charge in [0.25, 0.3) is 0 Å². The standard InChI is InChI=1S/C22H35FN4O3S/c1-2-17-31(29,30)27-12-5-7-19(18-27)22(28)24-10-6-11-25-13-15-26(16-14-25)21-9-4-3-8-20(21)23/h3-4,8-9,19H,2,5-7,10-18H2,1H3,(H,24,28)/t19-/m0/s1. The molecule has 0 unspecified atom stereocenters. The highest BCUT2D eigenvalue weighted by Crippen LogP contribution is 2.21. The van der Waals surface area contributed by atoms with Crippen LogP contribution in [0.4, 0.5) is 10.1 Å². The summed E-state index contributed by atoms with van der Waals surface area (Å²) < 4.78 is 40.0. The van der Waals surface area contributed by atoms with E-state index in [4.69, 9.17) is 0 Å². The first-order valence-corrected chi connectivity index (χ1v) is 13.0. The second-order valence-corrected chi connectivity index (χ2v) is 10.5. The Kier molecular flexibility index (Phi) is 8.68. The zero-order valence-corrected chi connectivity index (χ0v) is 19.2. The first-order chi connectivity index (χ1) is 14.9. The molecule has 1 N–H and O–H groups in total. The Morgan fingerprint density at radius 3 is 2.61 bits per heavy atom. The van der Waals surface area contributed by atoms with Gasteiger partial charge in [-0.25, -0.2) is 17.1 Å². The number of anilines is 1. The van der Waals surface area contributed by atoms with E-state index in [1.54, 1.807) is 6.07 Å². The molecule has 2 saturated heterocycles. The summed E-state index contributed by atoms with van der Waals surface area (Å²) in [6.45, 7) is 7.46. The maximum atomic E-state index is 13.9. The molecule has 7 nitrogen and oxygen atoms in total. The van der Waals surface area contributed by atoms with Crippen molar-refractivity contribution in [3.8, 4) is 0 Å². The number of hydrogen-bond acceptors (Lipinski definition) is 5. The van der Waals surface area contributed by atoms with Crippen LogP contribution < -0.4 is 10.2 Å². The van der Waals surface area contributed by atoms with Gasteiger partial charge in [0, 0.05) is 45.8 Å². The lowest BCUT2D eigenvalue weighted by molar-refractivity contribution is -0.126. The number of rotatable bonds is 9. The van der Waals surface area contributed by atoms with Crippen molar-refractivity contribution in [2.45, 2.75) is 32.6 Å². The van der Waals surface area contributed by atoms with Crippen LogP contribution in [0, 0.1) is 11.7 Å². The molecule has 2 heterocycles. The summed E-state index contributed by atoms with van der Waals surface area (Å²) in [5.41, 5.74) is 0.664. The first-order valence-electron chi connectivity index (χ1n) is 11.4. The Hall–Kier alpha value is -1.71. The highest BCUT2D eigenvalue weighted by Gasteiger charge is 2.31. The van der Waals surface area contributed by atoms with Crippen molar-refractivity contribution in [1.82, 2.24) is 14.5 Å². The summed E-state index contributed by atoms with van der Waals surface area (Å²) in [6.07, 6.45) is 2.90. The molecule has 2 fully saturated rings. The maximum Gasteiger partial charge on any atom is 0.224 e. The monoisotopic (exact) mass is 454 g/mol. The van der Waals surface area contributed by atoms with Crippen molar-refractivity contribution in [2.75, 3.05) is 63.0 Å². The summed E-state index contributed by atoms with van der Waals surface area (Å²) in [4.78, 5) is 16.9. The zero-order chi connectivity index (χ0) is 22.3. The topological polar surface area (TPSA) is 73.0 Å².